The van der Waals surface area contributed by atoms with Gasteiger partial charge < -0.3 is 24.3 Å². The predicted molar refractivity (Wildman–Crippen MR) is 117 cm³/mol. The normalized spacial score (nSPS) is 17.0. The topological polar surface area (TPSA) is 120 Å². The van der Waals surface area contributed by atoms with E-state index in [-0.39, 0.29) is 31.2 Å². The van der Waals surface area contributed by atoms with E-state index in [0.717, 1.165) is 18.2 Å². The number of rotatable bonds is 6. The lowest BCUT2D eigenvalue weighted by Gasteiger charge is -2.26. The van der Waals surface area contributed by atoms with Gasteiger partial charge in [-0.3, -0.25) is 4.79 Å². The van der Waals surface area contributed by atoms with E-state index in [0.29, 0.717) is 30.4 Å². The summed E-state index contributed by atoms with van der Waals surface area (Å²) in [6, 6.07) is 7.67. The predicted octanol–water partition coefficient (Wildman–Crippen LogP) is 1.80. The molecule has 0 radical (unpaired) electrons. The Kier molecular flexibility index (Phi) is 7.00. The molecule has 1 saturated heterocycles. The summed E-state index contributed by atoms with van der Waals surface area (Å²) < 4.78 is 62.3. The lowest BCUT2D eigenvalue weighted by atomic mass is 10.2. The summed E-state index contributed by atoms with van der Waals surface area (Å²) >= 11 is 0. The Morgan fingerprint density at radius 2 is 1.74 bits per heavy atom. The summed E-state index contributed by atoms with van der Waals surface area (Å²) in [6.45, 7) is 2.91. The average Bonchev–Trinajstić information content (AvgIpc) is 2.84. The van der Waals surface area contributed by atoms with Crippen LogP contribution in [0.5, 0.6) is 11.5 Å². The minimum absolute atomic E-state index is 0.149. The van der Waals surface area contributed by atoms with Crippen LogP contribution in [0.15, 0.2) is 41.3 Å². The SMILES string of the molecule is CC(OC(=O)c1cc(S(=O)(=O)N2CCOCC2)ccc1F)C(=O)Nc1ccc2c(c1)OCCO2. The van der Waals surface area contributed by atoms with Crippen molar-refractivity contribution in [2.75, 3.05) is 44.8 Å². The molecule has 1 N–H and O–H groups in total. The van der Waals surface area contributed by atoms with Crippen LogP contribution in [-0.4, -0.2) is 70.2 Å². The smallest absolute Gasteiger partial charge is 0.341 e. The Hall–Kier alpha value is -3.22. The molecule has 0 spiro atoms. The first kappa shape index (κ1) is 23.9. The maximum atomic E-state index is 14.4. The molecule has 34 heavy (non-hydrogen) atoms. The third-order valence-electron chi connectivity index (χ3n) is 5.23. The molecule has 0 aliphatic carbocycles. The number of halogens is 1. The zero-order chi connectivity index (χ0) is 24.3. The van der Waals surface area contributed by atoms with Crippen LogP contribution in [0.2, 0.25) is 0 Å². The molecule has 2 aliphatic heterocycles. The van der Waals surface area contributed by atoms with Crippen molar-refractivity contribution in [2.24, 2.45) is 0 Å². The molecule has 0 bridgehead atoms. The Morgan fingerprint density at radius 3 is 2.47 bits per heavy atom. The molecule has 1 atom stereocenters. The highest BCUT2D eigenvalue weighted by Crippen LogP contribution is 2.32. The first-order chi connectivity index (χ1) is 16.3. The first-order valence-electron chi connectivity index (χ1n) is 10.5. The van der Waals surface area contributed by atoms with Crippen LogP contribution < -0.4 is 14.8 Å². The number of amides is 1. The fourth-order valence-corrected chi connectivity index (χ4v) is 4.83. The molecule has 0 aromatic heterocycles. The van der Waals surface area contributed by atoms with Gasteiger partial charge in [-0.05, 0) is 37.3 Å². The molecule has 0 saturated carbocycles. The number of benzene rings is 2. The Morgan fingerprint density at radius 1 is 1.03 bits per heavy atom. The van der Waals surface area contributed by atoms with Gasteiger partial charge in [-0.2, -0.15) is 4.31 Å². The second-order valence-electron chi connectivity index (χ2n) is 7.55. The molecule has 4 rings (SSSR count). The van der Waals surface area contributed by atoms with Gasteiger partial charge in [-0.15, -0.1) is 0 Å². The third-order valence-corrected chi connectivity index (χ3v) is 7.12. The van der Waals surface area contributed by atoms with E-state index in [4.69, 9.17) is 18.9 Å². The second-order valence-corrected chi connectivity index (χ2v) is 9.49. The second kappa shape index (κ2) is 9.95. The van der Waals surface area contributed by atoms with Crippen molar-refractivity contribution >= 4 is 27.6 Å². The Bertz CT molecular complexity index is 1200. The average molecular weight is 494 g/mol. The standard InChI is InChI=1S/C22H23FN2O8S/c1-14(21(26)24-15-2-5-19-20(12-15)32-11-10-31-19)33-22(27)17-13-16(3-4-18(17)23)34(28,29)25-6-8-30-9-7-25/h2-5,12-14H,6-11H2,1H3,(H,24,26). The van der Waals surface area contributed by atoms with E-state index < -0.39 is 39.4 Å². The van der Waals surface area contributed by atoms with E-state index in [1.54, 1.807) is 18.2 Å². The van der Waals surface area contributed by atoms with E-state index in [2.05, 4.69) is 5.32 Å². The van der Waals surface area contributed by atoms with Crippen LogP contribution >= 0.6 is 0 Å². The quantitative estimate of drug-likeness (QED) is 0.604. The molecule has 2 aliphatic rings. The van der Waals surface area contributed by atoms with Crippen molar-refractivity contribution in [3.05, 3.63) is 47.8 Å². The summed E-state index contributed by atoms with van der Waals surface area (Å²) in [5.74, 6) is -1.78. The number of nitrogens with one attached hydrogen (secondary N) is 1. The van der Waals surface area contributed by atoms with Gasteiger partial charge in [-0.1, -0.05) is 0 Å². The third kappa shape index (κ3) is 5.13. The molecular formula is C22H23FN2O8S. The van der Waals surface area contributed by atoms with Crippen molar-refractivity contribution in [1.82, 2.24) is 4.31 Å². The van der Waals surface area contributed by atoms with E-state index in [1.807, 2.05) is 0 Å². The van der Waals surface area contributed by atoms with E-state index >= 15 is 0 Å². The van der Waals surface area contributed by atoms with Crippen LogP contribution in [0, 0.1) is 5.82 Å². The van der Waals surface area contributed by atoms with Gasteiger partial charge in [0.2, 0.25) is 10.0 Å². The lowest BCUT2D eigenvalue weighted by Crippen LogP contribution is -2.40. The number of hydrogen-bond acceptors (Lipinski definition) is 8. The molecule has 10 nitrogen and oxygen atoms in total. The van der Waals surface area contributed by atoms with Crippen LogP contribution in [0.3, 0.4) is 0 Å². The van der Waals surface area contributed by atoms with Gasteiger partial charge in [0.1, 0.15) is 19.0 Å². The van der Waals surface area contributed by atoms with Crippen molar-refractivity contribution in [1.29, 1.82) is 0 Å². The molecule has 12 heteroatoms. The lowest BCUT2D eigenvalue weighted by molar-refractivity contribution is -0.123. The van der Waals surface area contributed by atoms with Crippen LogP contribution in [-0.2, 0) is 24.3 Å². The van der Waals surface area contributed by atoms with Crippen LogP contribution in [0.25, 0.3) is 0 Å². The zero-order valence-corrected chi connectivity index (χ0v) is 19.1. The van der Waals surface area contributed by atoms with Gasteiger partial charge in [0.25, 0.3) is 5.91 Å². The number of anilines is 1. The molecule has 182 valence electrons. The number of fused-ring (bicyclic) bond motifs is 1. The minimum Gasteiger partial charge on any atom is -0.486 e. The number of hydrogen-bond donors (Lipinski definition) is 1. The fraction of sp³-hybridized carbons (Fsp3) is 0.364. The monoisotopic (exact) mass is 494 g/mol. The molecular weight excluding hydrogens is 471 g/mol. The molecule has 2 aromatic carbocycles. The number of nitrogens with zero attached hydrogens (tertiary/aromatic N) is 1. The summed E-state index contributed by atoms with van der Waals surface area (Å²) in [4.78, 5) is 24.8. The van der Waals surface area contributed by atoms with Gasteiger partial charge >= 0.3 is 5.97 Å². The van der Waals surface area contributed by atoms with E-state index in [1.165, 1.54) is 11.2 Å². The van der Waals surface area contributed by atoms with Gasteiger partial charge in [-0.25, -0.2) is 17.6 Å². The van der Waals surface area contributed by atoms with Crippen molar-refractivity contribution in [3.63, 3.8) is 0 Å². The Labute approximate surface area is 195 Å². The minimum atomic E-state index is -3.95. The number of morpholine rings is 1. The highest BCUT2D eigenvalue weighted by molar-refractivity contribution is 7.89. The Balaban J connectivity index is 1.44. The number of ether oxygens (including phenoxy) is 4. The summed E-state index contributed by atoms with van der Waals surface area (Å²) in [5, 5.41) is 2.58. The molecule has 2 aromatic rings. The fourth-order valence-electron chi connectivity index (χ4n) is 3.40. The van der Waals surface area contributed by atoms with Gasteiger partial charge in [0.05, 0.1) is 23.7 Å². The molecule has 1 unspecified atom stereocenters. The number of esters is 1. The summed E-state index contributed by atoms with van der Waals surface area (Å²) in [6.07, 6.45) is -1.29. The first-order valence-corrected chi connectivity index (χ1v) is 12.0. The number of sulfonamides is 1. The van der Waals surface area contributed by atoms with Crippen molar-refractivity contribution in [2.45, 2.75) is 17.9 Å². The largest absolute Gasteiger partial charge is 0.486 e. The van der Waals surface area contributed by atoms with Crippen molar-refractivity contribution < 1.29 is 41.3 Å². The van der Waals surface area contributed by atoms with Crippen LogP contribution in [0.1, 0.15) is 17.3 Å². The molecule has 1 fully saturated rings. The highest BCUT2D eigenvalue weighted by Gasteiger charge is 2.29. The van der Waals surface area contributed by atoms with Crippen LogP contribution in [0.4, 0.5) is 10.1 Å². The highest BCUT2D eigenvalue weighted by atomic mass is 32.2. The zero-order valence-electron chi connectivity index (χ0n) is 18.3. The maximum Gasteiger partial charge on any atom is 0.341 e. The molecule has 2 heterocycles. The maximum absolute atomic E-state index is 14.4. The van der Waals surface area contributed by atoms with Crippen molar-refractivity contribution in [3.8, 4) is 11.5 Å². The molecule has 1 amide bonds. The number of carbonyl (C=O) groups is 2. The van der Waals surface area contributed by atoms with E-state index in [9.17, 15) is 22.4 Å². The summed E-state index contributed by atoms with van der Waals surface area (Å²) in [5.41, 5.74) is -0.199. The van der Waals surface area contributed by atoms with Gasteiger partial charge in [0, 0.05) is 24.8 Å². The summed E-state index contributed by atoms with van der Waals surface area (Å²) in [7, 11) is -3.95. The number of carbonyl (C=O) groups excluding carboxylic acids is 2. The van der Waals surface area contributed by atoms with Gasteiger partial charge in [0.15, 0.2) is 17.6 Å².